The number of nitrogens with zero attached hydrogens (tertiary/aromatic N) is 2. The molecular weight excluding hydrogens is 242 g/mol. The molecule has 1 aromatic heterocycles. The van der Waals surface area contributed by atoms with E-state index in [4.69, 9.17) is 0 Å². The molecule has 1 atom stereocenters. The predicted octanol–water partition coefficient (Wildman–Crippen LogP) is 3.83. The second-order valence-electron chi connectivity index (χ2n) is 5.01. The smallest absolute Gasteiger partial charge is 0.185 e. The van der Waals surface area contributed by atoms with E-state index >= 15 is 0 Å². The highest BCUT2D eigenvalue weighted by atomic mass is 32.1. The van der Waals surface area contributed by atoms with E-state index < -0.39 is 0 Å². The van der Waals surface area contributed by atoms with Gasteiger partial charge in [0.05, 0.1) is 0 Å². The fraction of sp³-hybridized carbons (Fsp3) is 0.786. The van der Waals surface area contributed by atoms with Gasteiger partial charge in [-0.15, -0.1) is 11.3 Å². The van der Waals surface area contributed by atoms with E-state index in [2.05, 4.69) is 49.8 Å². The van der Waals surface area contributed by atoms with Crippen LogP contribution in [0.3, 0.4) is 0 Å². The zero-order chi connectivity index (χ0) is 13.5. The second kappa shape index (κ2) is 7.74. The van der Waals surface area contributed by atoms with Crippen molar-refractivity contribution in [3.8, 4) is 0 Å². The fourth-order valence-electron chi connectivity index (χ4n) is 1.89. The first-order valence-corrected chi connectivity index (χ1v) is 7.87. The lowest BCUT2D eigenvalue weighted by molar-refractivity contribution is 0.577. The molecule has 1 N–H and O–H groups in total. The van der Waals surface area contributed by atoms with E-state index in [1.54, 1.807) is 0 Å². The number of hydrogen-bond donors (Lipinski definition) is 1. The molecule has 0 aliphatic carbocycles. The summed E-state index contributed by atoms with van der Waals surface area (Å²) in [5, 5.41) is 4.67. The third-order valence-electron chi connectivity index (χ3n) is 2.97. The highest BCUT2D eigenvalue weighted by molar-refractivity contribution is 7.15. The van der Waals surface area contributed by atoms with Crippen LogP contribution < -0.4 is 10.2 Å². The van der Waals surface area contributed by atoms with Gasteiger partial charge in [0, 0.05) is 29.7 Å². The Morgan fingerprint density at radius 3 is 2.56 bits per heavy atom. The second-order valence-corrected chi connectivity index (χ2v) is 6.05. The standard InChI is InChI=1S/C14H27N3S/c1-6-8-15-12(5)13-10-16-14(18-13)17(9-7-2)11(3)4/h10-12,15H,6-9H2,1-5H3. The number of hydrogen-bond acceptors (Lipinski definition) is 4. The van der Waals surface area contributed by atoms with Crippen LogP contribution in [-0.4, -0.2) is 24.1 Å². The normalized spacial score (nSPS) is 13.0. The zero-order valence-electron chi connectivity index (χ0n) is 12.4. The first-order valence-electron chi connectivity index (χ1n) is 7.05. The lowest BCUT2D eigenvalue weighted by Crippen LogP contribution is -2.31. The summed E-state index contributed by atoms with van der Waals surface area (Å²) in [6.07, 6.45) is 4.36. The molecule has 1 aromatic rings. The molecule has 1 heterocycles. The number of nitrogens with one attached hydrogen (secondary N) is 1. The Labute approximate surface area is 116 Å². The minimum Gasteiger partial charge on any atom is -0.346 e. The molecule has 0 spiro atoms. The molecular formula is C14H27N3S. The summed E-state index contributed by atoms with van der Waals surface area (Å²) in [6.45, 7) is 13.2. The van der Waals surface area contributed by atoms with Crippen molar-refractivity contribution in [3.63, 3.8) is 0 Å². The summed E-state index contributed by atoms with van der Waals surface area (Å²) >= 11 is 1.82. The number of anilines is 1. The van der Waals surface area contributed by atoms with Crippen LogP contribution in [0.2, 0.25) is 0 Å². The van der Waals surface area contributed by atoms with Crippen LogP contribution in [0.15, 0.2) is 6.20 Å². The monoisotopic (exact) mass is 269 g/mol. The molecule has 0 aromatic carbocycles. The molecule has 104 valence electrons. The van der Waals surface area contributed by atoms with Crippen molar-refractivity contribution in [1.29, 1.82) is 0 Å². The predicted molar refractivity (Wildman–Crippen MR) is 81.6 cm³/mol. The minimum atomic E-state index is 0.409. The third kappa shape index (κ3) is 4.25. The van der Waals surface area contributed by atoms with Crippen LogP contribution in [0, 0.1) is 0 Å². The summed E-state index contributed by atoms with van der Waals surface area (Å²) in [5.41, 5.74) is 0. The molecule has 0 amide bonds. The van der Waals surface area contributed by atoms with Crippen LogP contribution in [0.1, 0.15) is 58.4 Å². The molecule has 0 aliphatic heterocycles. The van der Waals surface area contributed by atoms with Gasteiger partial charge in [0.2, 0.25) is 0 Å². The van der Waals surface area contributed by atoms with Gasteiger partial charge in [0.1, 0.15) is 0 Å². The van der Waals surface area contributed by atoms with E-state index in [1.165, 1.54) is 11.3 Å². The summed E-state index contributed by atoms with van der Waals surface area (Å²) in [4.78, 5) is 8.31. The average Bonchev–Trinajstić information content (AvgIpc) is 2.81. The van der Waals surface area contributed by atoms with Crippen LogP contribution in [-0.2, 0) is 0 Å². The number of aromatic nitrogens is 1. The van der Waals surface area contributed by atoms with Crippen molar-refractivity contribution in [2.75, 3.05) is 18.0 Å². The fourth-order valence-corrected chi connectivity index (χ4v) is 2.99. The van der Waals surface area contributed by atoms with E-state index in [0.29, 0.717) is 12.1 Å². The molecule has 1 unspecified atom stereocenters. The van der Waals surface area contributed by atoms with Gasteiger partial charge in [-0.05, 0) is 40.2 Å². The molecule has 0 fully saturated rings. The van der Waals surface area contributed by atoms with Gasteiger partial charge < -0.3 is 10.2 Å². The van der Waals surface area contributed by atoms with Crippen molar-refractivity contribution >= 4 is 16.5 Å². The Bertz CT molecular complexity index is 336. The molecule has 4 heteroatoms. The van der Waals surface area contributed by atoms with Crippen LogP contribution in [0.5, 0.6) is 0 Å². The maximum absolute atomic E-state index is 4.59. The molecule has 1 rings (SSSR count). The van der Waals surface area contributed by atoms with Gasteiger partial charge in [0.15, 0.2) is 5.13 Å². The van der Waals surface area contributed by atoms with Gasteiger partial charge >= 0.3 is 0 Å². The lowest BCUT2D eigenvalue weighted by Gasteiger charge is -2.25. The molecule has 3 nitrogen and oxygen atoms in total. The van der Waals surface area contributed by atoms with E-state index in [0.717, 1.165) is 24.6 Å². The van der Waals surface area contributed by atoms with Crippen LogP contribution in [0.4, 0.5) is 5.13 Å². The first kappa shape index (κ1) is 15.4. The lowest BCUT2D eigenvalue weighted by atomic mass is 10.3. The van der Waals surface area contributed by atoms with Crippen molar-refractivity contribution in [2.24, 2.45) is 0 Å². The Hall–Kier alpha value is -0.610. The highest BCUT2D eigenvalue weighted by Crippen LogP contribution is 2.28. The third-order valence-corrected chi connectivity index (χ3v) is 4.19. The van der Waals surface area contributed by atoms with Gasteiger partial charge in [0.25, 0.3) is 0 Å². The Morgan fingerprint density at radius 1 is 1.28 bits per heavy atom. The number of thiazole rings is 1. The molecule has 0 saturated carbocycles. The van der Waals surface area contributed by atoms with Gasteiger partial charge in [-0.3, -0.25) is 0 Å². The van der Waals surface area contributed by atoms with E-state index in [1.807, 2.05) is 17.5 Å². The average molecular weight is 269 g/mol. The van der Waals surface area contributed by atoms with Gasteiger partial charge in [-0.2, -0.15) is 0 Å². The van der Waals surface area contributed by atoms with Crippen LogP contribution >= 0.6 is 11.3 Å². The molecule has 0 bridgehead atoms. The maximum Gasteiger partial charge on any atom is 0.185 e. The minimum absolute atomic E-state index is 0.409. The summed E-state index contributed by atoms with van der Waals surface area (Å²) in [6, 6.07) is 0.926. The van der Waals surface area contributed by atoms with Gasteiger partial charge in [-0.25, -0.2) is 4.98 Å². The Kier molecular flexibility index (Phi) is 6.65. The molecule has 0 radical (unpaired) electrons. The first-order chi connectivity index (χ1) is 8.60. The molecule has 0 saturated heterocycles. The topological polar surface area (TPSA) is 28.2 Å². The zero-order valence-corrected chi connectivity index (χ0v) is 13.2. The van der Waals surface area contributed by atoms with E-state index in [9.17, 15) is 0 Å². The van der Waals surface area contributed by atoms with Gasteiger partial charge in [-0.1, -0.05) is 13.8 Å². The summed E-state index contributed by atoms with van der Waals surface area (Å²) in [5.74, 6) is 0. The highest BCUT2D eigenvalue weighted by Gasteiger charge is 2.15. The van der Waals surface area contributed by atoms with Crippen molar-refractivity contribution < 1.29 is 0 Å². The molecule has 18 heavy (non-hydrogen) atoms. The SMILES string of the molecule is CCCNC(C)c1cnc(N(CCC)C(C)C)s1. The summed E-state index contributed by atoms with van der Waals surface area (Å²) < 4.78 is 0. The quantitative estimate of drug-likeness (QED) is 0.777. The van der Waals surface area contributed by atoms with Crippen LogP contribution in [0.25, 0.3) is 0 Å². The maximum atomic E-state index is 4.59. The van der Waals surface area contributed by atoms with Crippen molar-refractivity contribution in [2.45, 2.75) is 59.5 Å². The Balaban J connectivity index is 2.71. The van der Waals surface area contributed by atoms with Crippen molar-refractivity contribution in [1.82, 2.24) is 10.3 Å². The largest absolute Gasteiger partial charge is 0.346 e. The summed E-state index contributed by atoms with van der Waals surface area (Å²) in [7, 11) is 0. The van der Waals surface area contributed by atoms with E-state index in [-0.39, 0.29) is 0 Å². The Morgan fingerprint density at radius 2 is 2.00 bits per heavy atom. The number of rotatable bonds is 8. The van der Waals surface area contributed by atoms with Crippen molar-refractivity contribution in [3.05, 3.63) is 11.1 Å². The molecule has 0 aliphatic rings.